The van der Waals surface area contributed by atoms with Gasteiger partial charge in [0.2, 0.25) is 5.91 Å². The van der Waals surface area contributed by atoms with Gasteiger partial charge in [0.15, 0.2) is 0 Å². The molecule has 0 aromatic carbocycles. The Morgan fingerprint density at radius 1 is 1.50 bits per heavy atom. The molecule has 1 amide bonds. The van der Waals surface area contributed by atoms with E-state index in [0.717, 1.165) is 6.42 Å². The van der Waals surface area contributed by atoms with Gasteiger partial charge in [0.05, 0.1) is 10.4 Å². The van der Waals surface area contributed by atoms with Gasteiger partial charge in [0.1, 0.15) is 0 Å². The van der Waals surface area contributed by atoms with E-state index in [1.54, 1.807) is 18.7 Å². The Labute approximate surface area is 94.6 Å². The summed E-state index contributed by atoms with van der Waals surface area (Å²) in [4.78, 5) is 13.3. The van der Waals surface area contributed by atoms with Crippen LogP contribution in [0.3, 0.4) is 0 Å². The highest BCUT2D eigenvalue weighted by atomic mass is 79.9. The van der Waals surface area contributed by atoms with Gasteiger partial charge in [-0.15, -0.1) is 0 Å². The monoisotopic (exact) mass is 265 g/mol. The molecular formula is C10H20BrNO2. The fourth-order valence-electron chi connectivity index (χ4n) is 1.19. The largest absolute Gasteiger partial charge is 0.389 e. The lowest BCUT2D eigenvalue weighted by Gasteiger charge is -2.29. The van der Waals surface area contributed by atoms with Gasteiger partial charge in [0, 0.05) is 13.1 Å². The molecule has 0 aliphatic heterocycles. The summed E-state index contributed by atoms with van der Waals surface area (Å²) in [5.74, 6) is 0.0529. The van der Waals surface area contributed by atoms with Crippen molar-refractivity contribution in [2.45, 2.75) is 44.5 Å². The maximum absolute atomic E-state index is 11.8. The van der Waals surface area contributed by atoms with Crippen molar-refractivity contribution < 1.29 is 9.90 Å². The average molecular weight is 266 g/mol. The number of alkyl halides is 1. The van der Waals surface area contributed by atoms with Crippen LogP contribution >= 0.6 is 15.9 Å². The molecule has 14 heavy (non-hydrogen) atoms. The zero-order chi connectivity index (χ0) is 11.4. The van der Waals surface area contributed by atoms with E-state index in [4.69, 9.17) is 0 Å². The fourth-order valence-corrected chi connectivity index (χ4v) is 1.47. The number of halogens is 1. The molecule has 0 saturated heterocycles. The lowest BCUT2D eigenvalue weighted by molar-refractivity contribution is -0.133. The molecule has 0 spiro atoms. The zero-order valence-electron chi connectivity index (χ0n) is 9.38. The van der Waals surface area contributed by atoms with Gasteiger partial charge in [-0.2, -0.15) is 0 Å². The van der Waals surface area contributed by atoms with Gasteiger partial charge in [-0.25, -0.2) is 0 Å². The van der Waals surface area contributed by atoms with Gasteiger partial charge in [0.25, 0.3) is 0 Å². The molecule has 3 nitrogen and oxygen atoms in total. The Hall–Kier alpha value is -0.0900. The summed E-state index contributed by atoms with van der Waals surface area (Å²) in [5.41, 5.74) is -0.827. The predicted molar refractivity (Wildman–Crippen MR) is 61.6 cm³/mol. The second-order valence-corrected chi connectivity index (χ2v) is 5.15. The molecule has 0 aromatic rings. The third kappa shape index (κ3) is 4.96. The SMILES string of the molecule is CCC(Br)C(=O)N(CC)CC(C)(C)O. The molecule has 1 unspecified atom stereocenters. The van der Waals surface area contributed by atoms with E-state index in [1.807, 2.05) is 13.8 Å². The van der Waals surface area contributed by atoms with Gasteiger partial charge < -0.3 is 10.0 Å². The maximum atomic E-state index is 11.8. The third-order valence-corrected chi connectivity index (χ3v) is 2.94. The van der Waals surface area contributed by atoms with Crippen molar-refractivity contribution >= 4 is 21.8 Å². The first-order chi connectivity index (χ1) is 6.31. The molecule has 0 rings (SSSR count). The minimum atomic E-state index is -0.827. The number of aliphatic hydroxyl groups is 1. The first kappa shape index (κ1) is 13.9. The van der Waals surface area contributed by atoms with Crippen molar-refractivity contribution in [1.82, 2.24) is 4.90 Å². The third-order valence-electron chi connectivity index (χ3n) is 1.90. The summed E-state index contributed by atoms with van der Waals surface area (Å²) in [6, 6.07) is 0. The molecule has 4 heteroatoms. The van der Waals surface area contributed by atoms with E-state index < -0.39 is 5.60 Å². The van der Waals surface area contributed by atoms with Crippen molar-refractivity contribution in [3.8, 4) is 0 Å². The Morgan fingerprint density at radius 2 is 2.00 bits per heavy atom. The Balaban J connectivity index is 4.34. The molecular weight excluding hydrogens is 246 g/mol. The van der Waals surface area contributed by atoms with E-state index in [0.29, 0.717) is 13.1 Å². The van der Waals surface area contributed by atoms with E-state index in [1.165, 1.54) is 0 Å². The van der Waals surface area contributed by atoms with Gasteiger partial charge in [-0.1, -0.05) is 22.9 Å². The standard InChI is InChI=1S/C10H20BrNO2/c1-5-8(11)9(13)12(6-2)7-10(3,4)14/h8,14H,5-7H2,1-4H3. The zero-order valence-corrected chi connectivity index (χ0v) is 11.0. The van der Waals surface area contributed by atoms with Crippen molar-refractivity contribution in [3.63, 3.8) is 0 Å². The molecule has 0 aliphatic rings. The lowest BCUT2D eigenvalue weighted by atomic mass is 10.1. The second kappa shape index (κ2) is 5.71. The first-order valence-corrected chi connectivity index (χ1v) is 5.88. The number of hydrogen-bond donors (Lipinski definition) is 1. The van der Waals surface area contributed by atoms with E-state index in [-0.39, 0.29) is 10.7 Å². The number of nitrogens with zero attached hydrogens (tertiary/aromatic N) is 1. The topological polar surface area (TPSA) is 40.5 Å². The Kier molecular flexibility index (Phi) is 5.67. The number of carbonyl (C=O) groups excluding carboxylic acids is 1. The molecule has 1 atom stereocenters. The summed E-state index contributed by atoms with van der Waals surface area (Å²) < 4.78 is 0. The van der Waals surface area contributed by atoms with Gasteiger partial charge >= 0.3 is 0 Å². The highest BCUT2D eigenvalue weighted by Crippen LogP contribution is 2.12. The molecule has 0 bridgehead atoms. The summed E-state index contributed by atoms with van der Waals surface area (Å²) in [6.07, 6.45) is 0.765. The minimum Gasteiger partial charge on any atom is -0.389 e. The quantitative estimate of drug-likeness (QED) is 0.770. The fraction of sp³-hybridized carbons (Fsp3) is 0.900. The van der Waals surface area contributed by atoms with Gasteiger partial charge in [-0.3, -0.25) is 4.79 Å². The van der Waals surface area contributed by atoms with Crippen molar-refractivity contribution in [1.29, 1.82) is 0 Å². The summed E-state index contributed by atoms with van der Waals surface area (Å²) in [6.45, 7) is 8.29. The summed E-state index contributed by atoms with van der Waals surface area (Å²) in [7, 11) is 0. The first-order valence-electron chi connectivity index (χ1n) is 4.97. The molecule has 84 valence electrons. The van der Waals surface area contributed by atoms with E-state index in [9.17, 15) is 9.90 Å². The van der Waals surface area contributed by atoms with Crippen molar-refractivity contribution in [2.24, 2.45) is 0 Å². The molecule has 0 saturated carbocycles. The van der Waals surface area contributed by atoms with Crippen LogP contribution < -0.4 is 0 Å². The Bertz CT molecular complexity index is 189. The van der Waals surface area contributed by atoms with Crippen LogP contribution in [0.15, 0.2) is 0 Å². The number of amides is 1. The van der Waals surface area contributed by atoms with Crippen LogP contribution in [0.4, 0.5) is 0 Å². The molecule has 0 fully saturated rings. The predicted octanol–water partition coefficient (Wildman–Crippen LogP) is 1.78. The highest BCUT2D eigenvalue weighted by Gasteiger charge is 2.24. The van der Waals surface area contributed by atoms with Crippen molar-refractivity contribution in [3.05, 3.63) is 0 Å². The van der Waals surface area contributed by atoms with E-state index >= 15 is 0 Å². The molecule has 0 radical (unpaired) electrons. The van der Waals surface area contributed by atoms with Crippen LogP contribution in [-0.2, 0) is 4.79 Å². The number of rotatable bonds is 5. The van der Waals surface area contributed by atoms with Crippen LogP contribution in [0.25, 0.3) is 0 Å². The van der Waals surface area contributed by atoms with Crippen molar-refractivity contribution in [2.75, 3.05) is 13.1 Å². The molecule has 0 aromatic heterocycles. The normalized spacial score (nSPS) is 13.9. The molecule has 0 heterocycles. The second-order valence-electron chi connectivity index (χ2n) is 4.04. The summed E-state index contributed by atoms with van der Waals surface area (Å²) in [5, 5.41) is 9.61. The van der Waals surface area contributed by atoms with Crippen LogP contribution in [0.1, 0.15) is 34.1 Å². The van der Waals surface area contributed by atoms with Gasteiger partial charge in [-0.05, 0) is 27.2 Å². The highest BCUT2D eigenvalue weighted by molar-refractivity contribution is 9.10. The van der Waals surface area contributed by atoms with Crippen LogP contribution in [-0.4, -0.2) is 39.4 Å². The van der Waals surface area contributed by atoms with Crippen LogP contribution in [0, 0.1) is 0 Å². The molecule has 0 aliphatic carbocycles. The number of hydrogen-bond acceptors (Lipinski definition) is 2. The minimum absolute atomic E-state index is 0.0529. The maximum Gasteiger partial charge on any atom is 0.236 e. The smallest absolute Gasteiger partial charge is 0.236 e. The summed E-state index contributed by atoms with van der Waals surface area (Å²) >= 11 is 3.32. The Morgan fingerprint density at radius 3 is 2.29 bits per heavy atom. The average Bonchev–Trinajstić information content (AvgIpc) is 2.10. The number of likely N-dealkylation sites (N-methyl/N-ethyl adjacent to an activating group) is 1. The molecule has 1 N–H and O–H groups in total. The van der Waals surface area contributed by atoms with Crippen LogP contribution in [0.2, 0.25) is 0 Å². The van der Waals surface area contributed by atoms with E-state index in [2.05, 4.69) is 15.9 Å². The van der Waals surface area contributed by atoms with Crippen LogP contribution in [0.5, 0.6) is 0 Å². The lowest BCUT2D eigenvalue weighted by Crippen LogP contribution is -2.44. The number of carbonyl (C=O) groups is 1.